The van der Waals surface area contributed by atoms with Crippen molar-refractivity contribution in [2.24, 2.45) is 5.73 Å². The summed E-state index contributed by atoms with van der Waals surface area (Å²) in [5, 5.41) is 0. The van der Waals surface area contributed by atoms with E-state index in [9.17, 15) is 0 Å². The fourth-order valence-corrected chi connectivity index (χ4v) is 4.20. The Kier molecular flexibility index (Phi) is 5.03. The third-order valence-electron chi connectivity index (χ3n) is 3.55. The zero-order valence-corrected chi connectivity index (χ0v) is 12.8. The molecule has 0 saturated carbocycles. The van der Waals surface area contributed by atoms with Crippen LogP contribution in [0.1, 0.15) is 43.5 Å². The molecule has 0 aromatic carbocycles. The van der Waals surface area contributed by atoms with Crippen molar-refractivity contribution in [1.82, 2.24) is 4.90 Å². The molecule has 1 fully saturated rings. The van der Waals surface area contributed by atoms with E-state index in [0.717, 1.165) is 6.42 Å². The van der Waals surface area contributed by atoms with Crippen LogP contribution in [0.25, 0.3) is 0 Å². The first-order valence-electron chi connectivity index (χ1n) is 6.47. The molecule has 2 N–H and O–H groups in total. The van der Waals surface area contributed by atoms with Crippen LogP contribution in [0.4, 0.5) is 0 Å². The molecule has 2 atom stereocenters. The average Bonchev–Trinajstić information content (AvgIpc) is 2.77. The molecule has 1 aliphatic heterocycles. The van der Waals surface area contributed by atoms with Crippen LogP contribution in [0.15, 0.2) is 15.9 Å². The SMILES string of the molecule is CCC(N)C(c1ccc(Br)s1)N1CCCCC1. The van der Waals surface area contributed by atoms with Gasteiger partial charge in [-0.05, 0) is 60.4 Å². The molecule has 0 aliphatic carbocycles. The van der Waals surface area contributed by atoms with Crippen LogP contribution in [0.3, 0.4) is 0 Å². The molecule has 2 unspecified atom stereocenters. The molecule has 0 amide bonds. The van der Waals surface area contributed by atoms with Crippen molar-refractivity contribution in [2.45, 2.75) is 44.7 Å². The van der Waals surface area contributed by atoms with E-state index in [1.165, 1.54) is 41.0 Å². The summed E-state index contributed by atoms with van der Waals surface area (Å²) in [6, 6.07) is 5.03. The van der Waals surface area contributed by atoms with Gasteiger partial charge in [0.25, 0.3) is 0 Å². The molecule has 1 aromatic rings. The van der Waals surface area contributed by atoms with Gasteiger partial charge in [0, 0.05) is 10.9 Å². The normalized spacial score (nSPS) is 21.4. The number of nitrogens with two attached hydrogens (primary N) is 1. The lowest BCUT2D eigenvalue weighted by atomic mass is 10.00. The third kappa shape index (κ3) is 3.31. The second-order valence-electron chi connectivity index (χ2n) is 4.76. The zero-order valence-electron chi connectivity index (χ0n) is 10.4. The van der Waals surface area contributed by atoms with Crippen LogP contribution in [0.5, 0.6) is 0 Å². The van der Waals surface area contributed by atoms with Gasteiger partial charge in [0.2, 0.25) is 0 Å². The van der Waals surface area contributed by atoms with Gasteiger partial charge in [0.05, 0.1) is 9.83 Å². The Labute approximate surface area is 116 Å². The van der Waals surface area contributed by atoms with Crippen LogP contribution in [-0.2, 0) is 0 Å². The average molecular weight is 317 g/mol. The Morgan fingerprint density at radius 1 is 1.35 bits per heavy atom. The van der Waals surface area contributed by atoms with Gasteiger partial charge in [-0.3, -0.25) is 4.90 Å². The zero-order chi connectivity index (χ0) is 12.3. The second-order valence-corrected chi connectivity index (χ2v) is 7.25. The highest BCUT2D eigenvalue weighted by atomic mass is 79.9. The lowest BCUT2D eigenvalue weighted by Crippen LogP contribution is -2.42. The highest BCUT2D eigenvalue weighted by Gasteiger charge is 2.27. The van der Waals surface area contributed by atoms with Crippen molar-refractivity contribution in [3.63, 3.8) is 0 Å². The molecule has 1 aromatic heterocycles. The summed E-state index contributed by atoms with van der Waals surface area (Å²) in [5.41, 5.74) is 6.34. The number of rotatable bonds is 4. The van der Waals surface area contributed by atoms with Crippen LogP contribution in [0, 0.1) is 0 Å². The molecule has 1 saturated heterocycles. The number of nitrogens with zero attached hydrogens (tertiary/aromatic N) is 1. The van der Waals surface area contributed by atoms with E-state index in [2.05, 4.69) is 39.9 Å². The van der Waals surface area contributed by atoms with E-state index < -0.39 is 0 Å². The van der Waals surface area contributed by atoms with Crippen LogP contribution < -0.4 is 5.73 Å². The Balaban J connectivity index is 2.17. The van der Waals surface area contributed by atoms with Gasteiger partial charge in [0.1, 0.15) is 0 Å². The minimum atomic E-state index is 0.249. The molecule has 0 radical (unpaired) electrons. The van der Waals surface area contributed by atoms with E-state index in [4.69, 9.17) is 5.73 Å². The van der Waals surface area contributed by atoms with Gasteiger partial charge in [0.15, 0.2) is 0 Å². The van der Waals surface area contributed by atoms with Crippen LogP contribution >= 0.6 is 27.3 Å². The quantitative estimate of drug-likeness (QED) is 0.916. The molecule has 1 aliphatic rings. The van der Waals surface area contributed by atoms with Gasteiger partial charge < -0.3 is 5.73 Å². The largest absolute Gasteiger partial charge is 0.326 e. The lowest BCUT2D eigenvalue weighted by Gasteiger charge is -2.37. The maximum Gasteiger partial charge on any atom is 0.0702 e. The Hall–Kier alpha value is 0.1000. The van der Waals surface area contributed by atoms with Crippen molar-refractivity contribution in [3.8, 4) is 0 Å². The molecular weight excluding hydrogens is 296 g/mol. The first-order valence-corrected chi connectivity index (χ1v) is 8.08. The number of thiophene rings is 1. The Morgan fingerprint density at radius 2 is 2.06 bits per heavy atom. The number of hydrogen-bond donors (Lipinski definition) is 1. The first kappa shape index (κ1) is 13.5. The fourth-order valence-electron chi connectivity index (χ4n) is 2.57. The summed E-state index contributed by atoms with van der Waals surface area (Å²) in [5.74, 6) is 0. The van der Waals surface area contributed by atoms with Crippen molar-refractivity contribution >= 4 is 27.3 Å². The van der Waals surface area contributed by atoms with E-state index in [1.54, 1.807) is 0 Å². The van der Waals surface area contributed by atoms with E-state index in [0.29, 0.717) is 6.04 Å². The molecule has 2 heterocycles. The van der Waals surface area contributed by atoms with Crippen LogP contribution in [0.2, 0.25) is 0 Å². The van der Waals surface area contributed by atoms with Crippen molar-refractivity contribution in [2.75, 3.05) is 13.1 Å². The number of halogens is 1. The molecule has 0 spiro atoms. The summed E-state index contributed by atoms with van der Waals surface area (Å²) < 4.78 is 1.21. The smallest absolute Gasteiger partial charge is 0.0702 e. The second kappa shape index (κ2) is 6.32. The third-order valence-corrected chi connectivity index (χ3v) is 5.24. The van der Waals surface area contributed by atoms with Gasteiger partial charge in [-0.1, -0.05) is 13.3 Å². The minimum Gasteiger partial charge on any atom is -0.326 e. The fraction of sp³-hybridized carbons (Fsp3) is 0.692. The van der Waals surface area contributed by atoms with Crippen molar-refractivity contribution in [3.05, 3.63) is 20.8 Å². The van der Waals surface area contributed by atoms with E-state index in [-0.39, 0.29) is 6.04 Å². The standard InChI is InChI=1S/C13H21BrN2S/c1-2-10(15)13(11-6-7-12(14)17-11)16-8-4-3-5-9-16/h6-7,10,13H,2-5,8-9,15H2,1H3. The molecule has 96 valence electrons. The molecule has 2 nitrogen and oxygen atoms in total. The summed E-state index contributed by atoms with van der Waals surface area (Å²) >= 11 is 5.38. The van der Waals surface area contributed by atoms with Gasteiger partial charge in [-0.15, -0.1) is 11.3 Å². The lowest BCUT2D eigenvalue weighted by molar-refractivity contribution is 0.143. The monoisotopic (exact) mass is 316 g/mol. The van der Waals surface area contributed by atoms with E-state index >= 15 is 0 Å². The Morgan fingerprint density at radius 3 is 2.59 bits per heavy atom. The molecular formula is C13H21BrN2S. The molecule has 0 bridgehead atoms. The summed E-state index contributed by atoms with van der Waals surface area (Å²) in [6.07, 6.45) is 5.05. The summed E-state index contributed by atoms with van der Waals surface area (Å²) in [7, 11) is 0. The van der Waals surface area contributed by atoms with Crippen molar-refractivity contribution < 1.29 is 0 Å². The maximum atomic E-state index is 6.34. The summed E-state index contributed by atoms with van der Waals surface area (Å²) in [4.78, 5) is 3.99. The minimum absolute atomic E-state index is 0.249. The topological polar surface area (TPSA) is 29.3 Å². The molecule has 2 rings (SSSR count). The first-order chi connectivity index (χ1) is 8.22. The summed E-state index contributed by atoms with van der Waals surface area (Å²) in [6.45, 7) is 4.59. The number of likely N-dealkylation sites (tertiary alicyclic amines) is 1. The van der Waals surface area contributed by atoms with Crippen LogP contribution in [-0.4, -0.2) is 24.0 Å². The molecule has 17 heavy (non-hydrogen) atoms. The van der Waals surface area contributed by atoms with E-state index in [1.807, 2.05) is 11.3 Å². The highest BCUT2D eigenvalue weighted by molar-refractivity contribution is 9.11. The van der Waals surface area contributed by atoms with Crippen molar-refractivity contribution in [1.29, 1.82) is 0 Å². The highest BCUT2D eigenvalue weighted by Crippen LogP contribution is 2.34. The number of hydrogen-bond acceptors (Lipinski definition) is 3. The van der Waals surface area contributed by atoms with Gasteiger partial charge >= 0.3 is 0 Å². The predicted molar refractivity (Wildman–Crippen MR) is 78.5 cm³/mol. The van der Waals surface area contributed by atoms with Gasteiger partial charge in [-0.25, -0.2) is 0 Å². The van der Waals surface area contributed by atoms with Gasteiger partial charge in [-0.2, -0.15) is 0 Å². The Bertz CT molecular complexity index is 347. The maximum absolute atomic E-state index is 6.34. The predicted octanol–water partition coefficient (Wildman–Crippen LogP) is 3.77. The molecule has 4 heteroatoms. The number of piperidine rings is 1.